The smallest absolute Gasteiger partial charge is 0.280 e. The summed E-state index contributed by atoms with van der Waals surface area (Å²) in [7, 11) is 3.51. The number of nitrogens with zero attached hydrogens (tertiary/aromatic N) is 4. The Balaban J connectivity index is 1.76. The molecule has 0 unspecified atom stereocenters. The van der Waals surface area contributed by atoms with Crippen LogP contribution < -0.4 is 21.1 Å². The fraction of sp³-hybridized carbons (Fsp3) is 0.222. The number of aldehydes is 1. The number of aromatic nitrogens is 4. The fourth-order valence-corrected chi connectivity index (χ4v) is 2.59. The Hall–Kier alpha value is -3.82. The van der Waals surface area contributed by atoms with Crippen molar-refractivity contribution in [2.45, 2.75) is 6.54 Å². The zero-order valence-corrected chi connectivity index (χ0v) is 15.4. The number of carbonyl (C=O) groups is 2. The third-order valence-corrected chi connectivity index (χ3v) is 4.02. The highest BCUT2D eigenvalue weighted by Gasteiger charge is 2.10. The summed E-state index contributed by atoms with van der Waals surface area (Å²) < 4.78 is 0. The molecule has 0 atom stereocenters. The molecule has 0 bridgehead atoms. The van der Waals surface area contributed by atoms with E-state index in [0.717, 1.165) is 5.69 Å². The van der Waals surface area contributed by atoms with Crippen molar-refractivity contribution in [3.63, 3.8) is 0 Å². The molecule has 0 saturated heterocycles. The van der Waals surface area contributed by atoms with Crippen LogP contribution in [0.25, 0.3) is 11.2 Å². The number of nitrogens with one attached hydrogen (secondary N) is 3. The van der Waals surface area contributed by atoms with Gasteiger partial charge in [0.1, 0.15) is 6.29 Å². The molecule has 1 aromatic carbocycles. The molecule has 2 heterocycles. The number of fused-ring (bicyclic) bond motifs is 1. The van der Waals surface area contributed by atoms with Crippen LogP contribution in [0.2, 0.25) is 0 Å². The number of amides is 1. The standard InChI is InChI=1S/C18H19N7O3/c1-19-18-23-15-14(17(28)24-18)22-12(9-21-15)10-25(2)13-5-3-11(4-6-13)16(27)20-7-8-26/h3-6,8-9H,7,10H2,1-2H3,(H,20,27)(H2,19,21,23,24,28). The monoisotopic (exact) mass is 381 g/mol. The van der Waals surface area contributed by atoms with Crippen molar-refractivity contribution in [2.24, 2.45) is 0 Å². The molecule has 10 nitrogen and oxygen atoms in total. The Bertz CT molecular complexity index is 1060. The summed E-state index contributed by atoms with van der Waals surface area (Å²) in [4.78, 5) is 51.5. The SMILES string of the molecule is CNc1nc2ncc(CN(C)c3ccc(C(=O)NCC=O)cc3)nc2c(=O)[nH]1. The lowest BCUT2D eigenvalue weighted by atomic mass is 10.2. The van der Waals surface area contributed by atoms with Gasteiger partial charge < -0.3 is 20.3 Å². The first-order valence-electron chi connectivity index (χ1n) is 8.48. The maximum absolute atomic E-state index is 12.1. The predicted molar refractivity (Wildman–Crippen MR) is 104 cm³/mol. The second-order valence-corrected chi connectivity index (χ2v) is 5.98. The van der Waals surface area contributed by atoms with Crippen LogP contribution in [0.4, 0.5) is 11.6 Å². The van der Waals surface area contributed by atoms with Gasteiger partial charge in [0.25, 0.3) is 11.5 Å². The number of benzene rings is 1. The van der Waals surface area contributed by atoms with Gasteiger partial charge in [-0.3, -0.25) is 14.6 Å². The zero-order chi connectivity index (χ0) is 20.1. The highest BCUT2D eigenvalue weighted by molar-refractivity contribution is 5.95. The first-order chi connectivity index (χ1) is 13.5. The Kier molecular flexibility index (Phi) is 5.58. The molecule has 0 saturated carbocycles. The molecule has 0 spiro atoms. The van der Waals surface area contributed by atoms with Gasteiger partial charge in [0.05, 0.1) is 25.0 Å². The van der Waals surface area contributed by atoms with Crippen LogP contribution in [0.3, 0.4) is 0 Å². The number of anilines is 2. The average Bonchev–Trinajstić information content (AvgIpc) is 2.72. The van der Waals surface area contributed by atoms with Crippen molar-refractivity contribution in [1.29, 1.82) is 0 Å². The molecule has 10 heteroatoms. The van der Waals surface area contributed by atoms with E-state index >= 15 is 0 Å². The van der Waals surface area contributed by atoms with E-state index < -0.39 is 0 Å². The van der Waals surface area contributed by atoms with Crippen molar-refractivity contribution in [2.75, 3.05) is 30.9 Å². The molecule has 0 fully saturated rings. The van der Waals surface area contributed by atoms with E-state index in [9.17, 15) is 14.4 Å². The summed E-state index contributed by atoms with van der Waals surface area (Å²) in [5.41, 5.74) is 2.00. The third-order valence-electron chi connectivity index (χ3n) is 4.02. The molecule has 0 aliphatic rings. The third kappa shape index (κ3) is 4.11. The van der Waals surface area contributed by atoms with Gasteiger partial charge in [0, 0.05) is 25.3 Å². The lowest BCUT2D eigenvalue weighted by Crippen LogP contribution is -2.25. The summed E-state index contributed by atoms with van der Waals surface area (Å²) in [6.07, 6.45) is 2.21. The molecular weight excluding hydrogens is 362 g/mol. The number of hydrogen-bond donors (Lipinski definition) is 3. The first kappa shape index (κ1) is 19.0. The number of aromatic amines is 1. The summed E-state index contributed by atoms with van der Waals surface area (Å²) in [6.45, 7) is 0.387. The Morgan fingerprint density at radius 3 is 2.68 bits per heavy atom. The normalized spacial score (nSPS) is 10.5. The van der Waals surface area contributed by atoms with Crippen LogP contribution in [0, 0.1) is 0 Å². The van der Waals surface area contributed by atoms with E-state index in [1.54, 1.807) is 37.5 Å². The largest absolute Gasteiger partial charge is 0.369 e. The second-order valence-electron chi connectivity index (χ2n) is 5.98. The number of carbonyl (C=O) groups excluding carboxylic acids is 2. The quantitative estimate of drug-likeness (QED) is 0.498. The average molecular weight is 381 g/mol. The van der Waals surface area contributed by atoms with E-state index in [4.69, 9.17) is 0 Å². The van der Waals surface area contributed by atoms with E-state index in [0.29, 0.717) is 30.0 Å². The van der Waals surface area contributed by atoms with E-state index in [2.05, 4.69) is 30.6 Å². The molecule has 144 valence electrons. The zero-order valence-electron chi connectivity index (χ0n) is 15.4. The number of rotatable bonds is 7. The maximum Gasteiger partial charge on any atom is 0.280 e. The highest BCUT2D eigenvalue weighted by atomic mass is 16.2. The minimum atomic E-state index is -0.364. The Labute approximate surface area is 160 Å². The Morgan fingerprint density at radius 1 is 1.25 bits per heavy atom. The highest BCUT2D eigenvalue weighted by Crippen LogP contribution is 2.16. The molecule has 0 radical (unpaired) electrons. The van der Waals surface area contributed by atoms with Gasteiger partial charge in [-0.05, 0) is 24.3 Å². The molecule has 2 aromatic heterocycles. The van der Waals surface area contributed by atoms with Crippen LogP contribution in [-0.4, -0.2) is 52.8 Å². The summed E-state index contributed by atoms with van der Waals surface area (Å²) in [5, 5.41) is 5.25. The van der Waals surface area contributed by atoms with Crippen LogP contribution in [-0.2, 0) is 11.3 Å². The van der Waals surface area contributed by atoms with E-state index in [-0.39, 0.29) is 29.2 Å². The molecule has 28 heavy (non-hydrogen) atoms. The van der Waals surface area contributed by atoms with Gasteiger partial charge >= 0.3 is 0 Å². The topological polar surface area (TPSA) is 133 Å². The summed E-state index contributed by atoms with van der Waals surface area (Å²) in [6, 6.07) is 6.92. The van der Waals surface area contributed by atoms with Crippen LogP contribution in [0.15, 0.2) is 35.3 Å². The van der Waals surface area contributed by atoms with Crippen molar-refractivity contribution < 1.29 is 9.59 Å². The molecule has 3 aromatic rings. The van der Waals surface area contributed by atoms with E-state index in [1.165, 1.54) is 0 Å². The van der Waals surface area contributed by atoms with Crippen molar-refractivity contribution in [1.82, 2.24) is 25.3 Å². The minimum Gasteiger partial charge on any atom is -0.369 e. The van der Waals surface area contributed by atoms with Gasteiger partial charge in [-0.25, -0.2) is 9.97 Å². The van der Waals surface area contributed by atoms with Crippen LogP contribution >= 0.6 is 0 Å². The minimum absolute atomic E-state index is 0.0229. The first-order valence-corrected chi connectivity index (χ1v) is 8.48. The lowest BCUT2D eigenvalue weighted by molar-refractivity contribution is -0.107. The second kappa shape index (κ2) is 8.25. The van der Waals surface area contributed by atoms with Crippen molar-refractivity contribution in [3.8, 4) is 0 Å². The molecule has 1 amide bonds. The molecule has 0 aliphatic carbocycles. The molecule has 3 rings (SSSR count). The Morgan fingerprint density at radius 2 is 2.00 bits per heavy atom. The van der Waals surface area contributed by atoms with Gasteiger partial charge in [0.2, 0.25) is 5.95 Å². The van der Waals surface area contributed by atoms with Crippen LogP contribution in [0.1, 0.15) is 16.1 Å². The lowest BCUT2D eigenvalue weighted by Gasteiger charge is -2.19. The fourth-order valence-electron chi connectivity index (χ4n) is 2.59. The summed E-state index contributed by atoms with van der Waals surface area (Å²) >= 11 is 0. The van der Waals surface area contributed by atoms with Crippen LogP contribution in [0.5, 0.6) is 0 Å². The molecular formula is C18H19N7O3. The maximum atomic E-state index is 12.1. The number of hydrogen-bond acceptors (Lipinski definition) is 8. The predicted octanol–water partition coefficient (Wildman–Crippen LogP) is 0.320. The summed E-state index contributed by atoms with van der Waals surface area (Å²) in [5.74, 6) is 0.0169. The van der Waals surface area contributed by atoms with Gasteiger partial charge in [-0.1, -0.05) is 0 Å². The number of H-pyrrole nitrogens is 1. The van der Waals surface area contributed by atoms with Gasteiger partial charge in [-0.2, -0.15) is 4.98 Å². The molecule has 3 N–H and O–H groups in total. The van der Waals surface area contributed by atoms with Crippen molar-refractivity contribution >= 4 is 35.0 Å². The van der Waals surface area contributed by atoms with Gasteiger partial charge in [-0.15, -0.1) is 0 Å². The van der Waals surface area contributed by atoms with Crippen molar-refractivity contribution in [3.05, 3.63) is 52.1 Å². The van der Waals surface area contributed by atoms with Gasteiger partial charge in [0.15, 0.2) is 11.2 Å². The molecule has 0 aliphatic heterocycles. The van der Waals surface area contributed by atoms with E-state index in [1.807, 2.05) is 11.9 Å².